The summed E-state index contributed by atoms with van der Waals surface area (Å²) in [5.74, 6) is 1.29. The molecule has 1 amide bonds. The Morgan fingerprint density at radius 1 is 1.06 bits per heavy atom. The minimum atomic E-state index is -3.49. The minimum Gasteiger partial charge on any atom is -0.454 e. The summed E-state index contributed by atoms with van der Waals surface area (Å²) in [6.45, 7) is 4.07. The van der Waals surface area contributed by atoms with Gasteiger partial charge in [0.05, 0.1) is 12.6 Å². The van der Waals surface area contributed by atoms with Gasteiger partial charge in [0.2, 0.25) is 22.7 Å². The van der Waals surface area contributed by atoms with Gasteiger partial charge in [-0.2, -0.15) is 4.31 Å². The van der Waals surface area contributed by atoms with Gasteiger partial charge in [-0.15, -0.1) is 0 Å². The Hall–Kier alpha value is -2.88. The molecule has 2 aliphatic heterocycles. The van der Waals surface area contributed by atoms with Crippen molar-refractivity contribution in [3.05, 3.63) is 65.1 Å². The van der Waals surface area contributed by atoms with Crippen molar-refractivity contribution in [2.24, 2.45) is 0 Å². The fraction of sp³-hybridized carbons (Fsp3) is 0.348. The van der Waals surface area contributed by atoms with Gasteiger partial charge in [-0.3, -0.25) is 9.69 Å². The SMILES string of the molecule is CC(NC(=O)CN1CCN(S(=O)(=O)C=Cc2ccccc2)CC1)c1ccc2c(c1)OCO2. The van der Waals surface area contributed by atoms with Gasteiger partial charge >= 0.3 is 0 Å². The van der Waals surface area contributed by atoms with Gasteiger partial charge in [0.1, 0.15) is 0 Å². The van der Waals surface area contributed by atoms with Crippen molar-refractivity contribution in [1.29, 1.82) is 0 Å². The highest BCUT2D eigenvalue weighted by Gasteiger charge is 2.26. The van der Waals surface area contributed by atoms with E-state index in [0.717, 1.165) is 11.1 Å². The van der Waals surface area contributed by atoms with Gasteiger partial charge in [-0.25, -0.2) is 8.42 Å². The molecule has 4 rings (SSSR count). The number of carbonyl (C=O) groups is 1. The average molecular weight is 458 g/mol. The van der Waals surface area contributed by atoms with E-state index in [1.165, 1.54) is 9.71 Å². The smallest absolute Gasteiger partial charge is 0.236 e. The second-order valence-electron chi connectivity index (χ2n) is 7.84. The van der Waals surface area contributed by atoms with Crippen LogP contribution in [0.1, 0.15) is 24.1 Å². The van der Waals surface area contributed by atoms with Gasteiger partial charge in [-0.1, -0.05) is 36.4 Å². The summed E-state index contributed by atoms with van der Waals surface area (Å²) in [5, 5.41) is 4.24. The van der Waals surface area contributed by atoms with E-state index in [1.807, 2.05) is 60.4 Å². The maximum atomic E-state index is 12.6. The molecule has 32 heavy (non-hydrogen) atoms. The first-order chi connectivity index (χ1) is 15.4. The number of nitrogens with one attached hydrogen (secondary N) is 1. The topological polar surface area (TPSA) is 88.2 Å². The Bertz CT molecular complexity index is 1080. The highest BCUT2D eigenvalue weighted by Crippen LogP contribution is 2.34. The van der Waals surface area contributed by atoms with E-state index in [-0.39, 0.29) is 25.3 Å². The maximum Gasteiger partial charge on any atom is 0.236 e. The molecule has 0 radical (unpaired) electrons. The van der Waals surface area contributed by atoms with Crippen LogP contribution in [0.3, 0.4) is 0 Å². The number of sulfonamides is 1. The number of piperazine rings is 1. The summed E-state index contributed by atoms with van der Waals surface area (Å²) >= 11 is 0. The molecule has 1 unspecified atom stereocenters. The number of amides is 1. The molecule has 2 aliphatic rings. The third-order valence-electron chi connectivity index (χ3n) is 5.56. The predicted molar refractivity (Wildman–Crippen MR) is 122 cm³/mol. The summed E-state index contributed by atoms with van der Waals surface area (Å²) in [6, 6.07) is 14.8. The summed E-state index contributed by atoms with van der Waals surface area (Å²) in [5.41, 5.74) is 1.77. The lowest BCUT2D eigenvalue weighted by molar-refractivity contribution is -0.123. The number of benzene rings is 2. The molecule has 1 atom stereocenters. The molecule has 8 nitrogen and oxygen atoms in total. The monoisotopic (exact) mass is 457 g/mol. The van der Waals surface area contributed by atoms with Crippen LogP contribution in [0.25, 0.3) is 6.08 Å². The van der Waals surface area contributed by atoms with Crippen molar-refractivity contribution in [3.8, 4) is 11.5 Å². The quantitative estimate of drug-likeness (QED) is 0.686. The van der Waals surface area contributed by atoms with Crippen molar-refractivity contribution >= 4 is 22.0 Å². The largest absolute Gasteiger partial charge is 0.454 e. The van der Waals surface area contributed by atoms with Gasteiger partial charge in [0, 0.05) is 31.6 Å². The molecule has 0 aromatic heterocycles. The number of rotatable bonds is 7. The van der Waals surface area contributed by atoms with Crippen LogP contribution in [-0.2, 0) is 14.8 Å². The second-order valence-corrected chi connectivity index (χ2v) is 9.65. The normalized spacial score (nSPS) is 18.0. The van der Waals surface area contributed by atoms with Crippen molar-refractivity contribution in [2.45, 2.75) is 13.0 Å². The molecule has 1 saturated heterocycles. The van der Waals surface area contributed by atoms with E-state index in [9.17, 15) is 13.2 Å². The lowest BCUT2D eigenvalue weighted by Crippen LogP contribution is -2.50. The lowest BCUT2D eigenvalue weighted by atomic mass is 10.1. The van der Waals surface area contributed by atoms with E-state index in [1.54, 1.807) is 6.08 Å². The van der Waals surface area contributed by atoms with Crippen molar-refractivity contribution in [3.63, 3.8) is 0 Å². The van der Waals surface area contributed by atoms with Gasteiger partial charge in [-0.05, 0) is 36.3 Å². The Morgan fingerprint density at radius 3 is 2.53 bits per heavy atom. The van der Waals surface area contributed by atoms with Gasteiger partial charge < -0.3 is 14.8 Å². The standard InChI is InChI=1S/C23H27N3O5S/c1-18(20-7-8-21-22(15-20)31-17-30-21)24-23(27)16-25-10-12-26(13-11-25)32(28,29)14-9-19-5-3-2-4-6-19/h2-9,14-15,18H,10-13,16-17H2,1H3,(H,24,27). The third kappa shape index (κ3) is 5.48. The van der Waals surface area contributed by atoms with Crippen LogP contribution in [-0.4, -0.2) is 63.0 Å². The molecule has 0 bridgehead atoms. The molecular weight excluding hydrogens is 430 g/mol. The number of hydrogen-bond acceptors (Lipinski definition) is 6. The van der Waals surface area contributed by atoms with Crippen LogP contribution in [0, 0.1) is 0 Å². The summed E-state index contributed by atoms with van der Waals surface area (Å²) < 4.78 is 37.4. The highest BCUT2D eigenvalue weighted by molar-refractivity contribution is 7.92. The summed E-state index contributed by atoms with van der Waals surface area (Å²) in [6.07, 6.45) is 1.60. The van der Waals surface area contributed by atoms with E-state index < -0.39 is 10.0 Å². The first-order valence-corrected chi connectivity index (χ1v) is 12.1. The third-order valence-corrected chi connectivity index (χ3v) is 7.13. The minimum absolute atomic E-state index is 0.101. The number of fused-ring (bicyclic) bond motifs is 1. The Labute approximate surface area is 188 Å². The Morgan fingerprint density at radius 2 is 1.78 bits per heavy atom. The average Bonchev–Trinajstić information content (AvgIpc) is 3.27. The number of ether oxygens (including phenoxy) is 2. The molecule has 2 aromatic carbocycles. The highest BCUT2D eigenvalue weighted by atomic mass is 32.2. The van der Waals surface area contributed by atoms with Crippen LogP contribution in [0.15, 0.2) is 53.9 Å². The van der Waals surface area contributed by atoms with Crippen molar-refractivity contribution < 1.29 is 22.7 Å². The number of carbonyl (C=O) groups excluding carboxylic acids is 1. The molecule has 0 spiro atoms. The first kappa shape index (κ1) is 22.3. The maximum absolute atomic E-state index is 12.6. The van der Waals surface area contributed by atoms with Gasteiger partial charge in [0.15, 0.2) is 11.5 Å². The van der Waals surface area contributed by atoms with E-state index in [0.29, 0.717) is 37.7 Å². The molecule has 0 aliphatic carbocycles. The zero-order valence-electron chi connectivity index (χ0n) is 17.9. The first-order valence-electron chi connectivity index (χ1n) is 10.6. The lowest BCUT2D eigenvalue weighted by Gasteiger charge is -2.33. The second kappa shape index (κ2) is 9.72. The van der Waals surface area contributed by atoms with Crippen LogP contribution < -0.4 is 14.8 Å². The molecular formula is C23H27N3O5S. The van der Waals surface area contributed by atoms with E-state index in [2.05, 4.69) is 5.32 Å². The molecule has 2 aromatic rings. The zero-order chi connectivity index (χ0) is 22.6. The number of hydrogen-bond donors (Lipinski definition) is 1. The summed E-state index contributed by atoms with van der Waals surface area (Å²) in [7, 11) is -3.49. The molecule has 9 heteroatoms. The van der Waals surface area contributed by atoms with Crippen LogP contribution in [0.4, 0.5) is 0 Å². The van der Waals surface area contributed by atoms with Crippen LogP contribution in [0.5, 0.6) is 11.5 Å². The van der Waals surface area contributed by atoms with Crippen molar-refractivity contribution in [1.82, 2.24) is 14.5 Å². The summed E-state index contributed by atoms with van der Waals surface area (Å²) in [4.78, 5) is 14.5. The molecule has 2 heterocycles. The van der Waals surface area contributed by atoms with E-state index in [4.69, 9.17) is 9.47 Å². The fourth-order valence-electron chi connectivity index (χ4n) is 3.71. The fourth-order valence-corrected chi connectivity index (χ4v) is 4.89. The van der Waals surface area contributed by atoms with Crippen molar-refractivity contribution in [2.75, 3.05) is 39.5 Å². The Kier molecular flexibility index (Phi) is 6.78. The molecule has 170 valence electrons. The van der Waals surface area contributed by atoms with Gasteiger partial charge in [0.25, 0.3) is 0 Å². The number of nitrogens with zero attached hydrogens (tertiary/aromatic N) is 2. The van der Waals surface area contributed by atoms with E-state index >= 15 is 0 Å². The Balaban J connectivity index is 1.25. The molecule has 0 saturated carbocycles. The van der Waals surface area contributed by atoms with Crippen LogP contribution >= 0.6 is 0 Å². The van der Waals surface area contributed by atoms with Crippen LogP contribution in [0.2, 0.25) is 0 Å². The molecule has 1 fully saturated rings. The zero-order valence-corrected chi connectivity index (χ0v) is 18.8. The predicted octanol–water partition coefficient (Wildman–Crippen LogP) is 2.21. The molecule has 1 N–H and O–H groups in total.